The largest absolute Gasteiger partial charge is 0.355 e. The summed E-state index contributed by atoms with van der Waals surface area (Å²) in [6.07, 6.45) is 0. The molecule has 0 bridgehead atoms. The molecule has 0 saturated carbocycles. The van der Waals surface area contributed by atoms with Gasteiger partial charge < -0.3 is 9.55 Å². The second kappa shape index (κ2) is 6.60. The Morgan fingerprint density at radius 2 is 1.09 bits per heavy atom. The Morgan fingerprint density at radius 1 is 0.438 bits per heavy atom. The molecule has 1 N–H and O–H groups in total. The van der Waals surface area contributed by atoms with Crippen LogP contribution in [-0.4, -0.2) is 9.55 Å². The summed E-state index contributed by atoms with van der Waals surface area (Å²) in [6, 6.07) is 41.4. The van der Waals surface area contributed by atoms with Crippen molar-refractivity contribution < 1.29 is 0 Å². The molecule has 0 spiro atoms. The van der Waals surface area contributed by atoms with E-state index in [4.69, 9.17) is 0 Å². The average molecular weight is 409 g/mol. The second-order valence-corrected chi connectivity index (χ2v) is 8.35. The normalized spacial score (nSPS) is 11.8. The van der Waals surface area contributed by atoms with Crippen LogP contribution in [-0.2, 0) is 0 Å². The Hall–Kier alpha value is -4.30. The summed E-state index contributed by atoms with van der Waals surface area (Å²) in [7, 11) is 0. The highest BCUT2D eigenvalue weighted by molar-refractivity contribution is 6.11. The molecule has 0 aliphatic carbocycles. The highest BCUT2D eigenvalue weighted by atomic mass is 15.0. The van der Waals surface area contributed by atoms with Gasteiger partial charge in [0.1, 0.15) is 0 Å². The van der Waals surface area contributed by atoms with Crippen LogP contribution in [0.15, 0.2) is 115 Å². The fraction of sp³-hybridized carbons (Fsp3) is 0. The third-order valence-electron chi connectivity index (χ3n) is 6.53. The zero-order valence-corrected chi connectivity index (χ0v) is 17.4. The minimum Gasteiger partial charge on any atom is -0.355 e. The highest BCUT2D eigenvalue weighted by Crippen LogP contribution is 2.36. The van der Waals surface area contributed by atoms with E-state index in [2.05, 4.69) is 125 Å². The van der Waals surface area contributed by atoms with Crippen LogP contribution in [0.5, 0.6) is 0 Å². The molecule has 0 amide bonds. The molecule has 7 rings (SSSR count). The third kappa shape index (κ3) is 2.47. The Kier molecular flexibility index (Phi) is 3.58. The van der Waals surface area contributed by atoms with Crippen molar-refractivity contribution in [2.75, 3.05) is 0 Å². The van der Waals surface area contributed by atoms with Crippen LogP contribution in [0, 0.1) is 0 Å². The first-order chi connectivity index (χ1) is 15.9. The molecule has 2 heteroatoms. The molecule has 0 radical (unpaired) electrons. The number of para-hydroxylation sites is 3. The van der Waals surface area contributed by atoms with Crippen molar-refractivity contribution in [3.63, 3.8) is 0 Å². The summed E-state index contributed by atoms with van der Waals surface area (Å²) in [4.78, 5) is 3.53. The number of benzene rings is 5. The van der Waals surface area contributed by atoms with E-state index in [1.807, 2.05) is 0 Å². The molecule has 0 saturated heterocycles. The van der Waals surface area contributed by atoms with E-state index in [9.17, 15) is 0 Å². The number of fused-ring (bicyclic) bond motifs is 6. The van der Waals surface area contributed by atoms with Crippen LogP contribution < -0.4 is 0 Å². The Balaban J connectivity index is 1.51. The van der Waals surface area contributed by atoms with Gasteiger partial charge in [-0.25, -0.2) is 0 Å². The molecule has 0 aliphatic rings. The predicted octanol–water partition coefficient (Wildman–Crippen LogP) is 8.09. The zero-order chi connectivity index (χ0) is 21.1. The van der Waals surface area contributed by atoms with Gasteiger partial charge in [0.2, 0.25) is 0 Å². The second-order valence-electron chi connectivity index (χ2n) is 8.35. The first kappa shape index (κ1) is 17.4. The summed E-state index contributed by atoms with van der Waals surface area (Å²) < 4.78 is 2.37. The van der Waals surface area contributed by atoms with Gasteiger partial charge in [-0.3, -0.25) is 0 Å². The predicted molar refractivity (Wildman–Crippen MR) is 136 cm³/mol. The molecule has 0 fully saturated rings. The molecule has 0 aliphatic heterocycles. The minimum atomic E-state index is 1.18. The molecule has 7 aromatic rings. The fourth-order valence-corrected chi connectivity index (χ4v) is 5.03. The maximum atomic E-state index is 3.53. The van der Waals surface area contributed by atoms with Crippen molar-refractivity contribution in [2.45, 2.75) is 0 Å². The molecule has 150 valence electrons. The highest BCUT2D eigenvalue weighted by Gasteiger charge is 2.13. The van der Waals surface area contributed by atoms with Gasteiger partial charge in [0.15, 0.2) is 0 Å². The lowest BCUT2D eigenvalue weighted by Gasteiger charge is -2.09. The van der Waals surface area contributed by atoms with Crippen LogP contribution >= 0.6 is 0 Å². The number of H-pyrrole nitrogens is 1. The number of hydrogen-bond donors (Lipinski definition) is 1. The molecule has 2 nitrogen and oxygen atoms in total. The van der Waals surface area contributed by atoms with Gasteiger partial charge in [0.05, 0.1) is 11.0 Å². The van der Waals surface area contributed by atoms with Crippen LogP contribution in [0.25, 0.3) is 60.4 Å². The van der Waals surface area contributed by atoms with Gasteiger partial charge in [-0.15, -0.1) is 0 Å². The average Bonchev–Trinajstić information content (AvgIpc) is 3.39. The monoisotopic (exact) mass is 408 g/mol. The number of nitrogens with one attached hydrogen (secondary N) is 1. The van der Waals surface area contributed by atoms with Crippen molar-refractivity contribution in [2.24, 2.45) is 0 Å². The molecular weight excluding hydrogens is 388 g/mol. The van der Waals surface area contributed by atoms with Gasteiger partial charge in [0, 0.05) is 38.3 Å². The zero-order valence-electron chi connectivity index (χ0n) is 17.4. The summed E-state index contributed by atoms with van der Waals surface area (Å²) in [5.74, 6) is 0. The third-order valence-corrected chi connectivity index (χ3v) is 6.53. The maximum absolute atomic E-state index is 3.53. The van der Waals surface area contributed by atoms with Crippen molar-refractivity contribution in [1.82, 2.24) is 9.55 Å². The Labute approximate surface area is 185 Å². The van der Waals surface area contributed by atoms with Crippen LogP contribution in [0.3, 0.4) is 0 Å². The SMILES string of the molecule is c1ccc(-n2c3ccccc3c3ccc(-c4ccc5[nH]c6ccccc6c5c4)cc32)cc1. The minimum absolute atomic E-state index is 1.18. The molecule has 2 aromatic heterocycles. The van der Waals surface area contributed by atoms with Crippen LogP contribution in [0.2, 0.25) is 0 Å². The van der Waals surface area contributed by atoms with Crippen molar-refractivity contribution >= 4 is 43.6 Å². The number of hydrogen-bond acceptors (Lipinski definition) is 0. The fourth-order valence-electron chi connectivity index (χ4n) is 5.03. The van der Waals surface area contributed by atoms with Gasteiger partial charge in [-0.1, -0.05) is 72.8 Å². The Bertz CT molecular complexity index is 1770. The molecule has 0 unspecified atom stereocenters. The van der Waals surface area contributed by atoms with E-state index < -0.39 is 0 Å². The smallest absolute Gasteiger partial charge is 0.0547 e. The first-order valence-corrected chi connectivity index (χ1v) is 11.0. The van der Waals surface area contributed by atoms with Gasteiger partial charge in [0.25, 0.3) is 0 Å². The Morgan fingerprint density at radius 3 is 2.00 bits per heavy atom. The van der Waals surface area contributed by atoms with E-state index in [1.54, 1.807) is 0 Å². The summed E-state index contributed by atoms with van der Waals surface area (Å²) in [5, 5.41) is 5.09. The molecule has 0 atom stereocenters. The van der Waals surface area contributed by atoms with E-state index in [1.165, 1.54) is 60.4 Å². The molecule has 32 heavy (non-hydrogen) atoms. The molecule has 2 heterocycles. The van der Waals surface area contributed by atoms with Gasteiger partial charge in [-0.05, 0) is 53.6 Å². The first-order valence-electron chi connectivity index (χ1n) is 11.0. The number of nitrogens with zero attached hydrogens (tertiary/aromatic N) is 1. The van der Waals surface area contributed by atoms with Gasteiger partial charge in [-0.2, -0.15) is 0 Å². The quantitative estimate of drug-likeness (QED) is 0.298. The summed E-state index contributed by atoms with van der Waals surface area (Å²) in [6.45, 7) is 0. The summed E-state index contributed by atoms with van der Waals surface area (Å²) in [5.41, 5.74) is 8.46. The number of aromatic nitrogens is 2. The van der Waals surface area contributed by atoms with Crippen LogP contribution in [0.4, 0.5) is 0 Å². The number of aromatic amines is 1. The van der Waals surface area contributed by atoms with Crippen LogP contribution in [0.1, 0.15) is 0 Å². The lowest BCUT2D eigenvalue weighted by atomic mass is 10.0. The lowest BCUT2D eigenvalue weighted by Crippen LogP contribution is -1.93. The number of rotatable bonds is 2. The summed E-state index contributed by atoms with van der Waals surface area (Å²) >= 11 is 0. The topological polar surface area (TPSA) is 20.7 Å². The van der Waals surface area contributed by atoms with Crippen molar-refractivity contribution in [3.05, 3.63) is 115 Å². The van der Waals surface area contributed by atoms with E-state index >= 15 is 0 Å². The lowest BCUT2D eigenvalue weighted by molar-refractivity contribution is 1.18. The van der Waals surface area contributed by atoms with Gasteiger partial charge >= 0.3 is 0 Å². The van der Waals surface area contributed by atoms with Crippen molar-refractivity contribution in [3.8, 4) is 16.8 Å². The van der Waals surface area contributed by atoms with E-state index in [0.717, 1.165) is 0 Å². The molecule has 5 aromatic carbocycles. The van der Waals surface area contributed by atoms with E-state index in [-0.39, 0.29) is 0 Å². The van der Waals surface area contributed by atoms with Crippen molar-refractivity contribution in [1.29, 1.82) is 0 Å². The maximum Gasteiger partial charge on any atom is 0.0547 e. The van der Waals surface area contributed by atoms with E-state index in [0.29, 0.717) is 0 Å². The standard InChI is InChI=1S/C30H20N2/c1-2-8-22(9-3-1)32-29-13-7-5-11-24(29)25-16-14-21(19-30(25)32)20-15-17-28-26(18-20)23-10-4-6-12-27(23)31-28/h1-19,31H. The molecular formula is C30H20N2.